The van der Waals surface area contributed by atoms with Crippen LogP contribution in [-0.4, -0.2) is 19.3 Å². The number of nitriles is 1. The van der Waals surface area contributed by atoms with Crippen molar-refractivity contribution in [2.75, 3.05) is 6.54 Å². The van der Waals surface area contributed by atoms with E-state index in [1.54, 1.807) is 60.7 Å². The summed E-state index contributed by atoms with van der Waals surface area (Å²) < 4.78 is 27.9. The smallest absolute Gasteiger partial charge is 0.207 e. The molecule has 0 N–H and O–H groups in total. The van der Waals surface area contributed by atoms with Gasteiger partial charge in [-0.15, -0.1) is 0 Å². The fraction of sp³-hybridized carbons (Fsp3) is 0.0952. The Morgan fingerprint density at radius 3 is 2.37 bits per heavy atom. The van der Waals surface area contributed by atoms with Gasteiger partial charge in [-0.1, -0.05) is 73.3 Å². The zero-order chi connectivity index (χ0) is 19.9. The monoisotopic (exact) mass is 398 g/mol. The molecule has 0 aliphatic heterocycles. The summed E-state index contributed by atoms with van der Waals surface area (Å²) in [5.74, 6) is 0. The van der Waals surface area contributed by atoms with Gasteiger partial charge in [-0.05, 0) is 29.8 Å². The highest BCUT2D eigenvalue weighted by atomic mass is 35.5. The van der Waals surface area contributed by atoms with Crippen molar-refractivity contribution in [3.05, 3.63) is 102 Å². The van der Waals surface area contributed by atoms with E-state index in [0.717, 1.165) is 0 Å². The van der Waals surface area contributed by atoms with E-state index >= 15 is 0 Å². The summed E-state index contributed by atoms with van der Waals surface area (Å²) >= 11 is 5.96. The minimum atomic E-state index is -3.89. The van der Waals surface area contributed by atoms with Crippen molar-refractivity contribution in [3.8, 4) is 6.07 Å². The maximum Gasteiger partial charge on any atom is 0.244 e. The summed E-state index contributed by atoms with van der Waals surface area (Å²) in [4.78, 5) is 0.140. The lowest BCUT2D eigenvalue weighted by Crippen LogP contribution is -2.36. The van der Waals surface area contributed by atoms with E-state index in [2.05, 4.69) is 13.2 Å². The minimum absolute atomic E-state index is 0.0528. The first-order valence-electron chi connectivity index (χ1n) is 8.10. The largest absolute Gasteiger partial charge is 0.244 e. The molecule has 1 atom stereocenters. The first-order valence-corrected chi connectivity index (χ1v) is 9.92. The Morgan fingerprint density at radius 2 is 1.81 bits per heavy atom. The van der Waals surface area contributed by atoms with Crippen molar-refractivity contribution in [3.63, 3.8) is 0 Å². The zero-order valence-electron chi connectivity index (χ0n) is 14.6. The summed E-state index contributed by atoms with van der Waals surface area (Å²) in [5, 5.41) is 9.96. The number of benzene rings is 2. The Morgan fingerprint density at radius 1 is 1.19 bits per heavy atom. The highest BCUT2D eigenvalue weighted by molar-refractivity contribution is 7.89. The van der Waals surface area contributed by atoms with Crippen molar-refractivity contribution in [2.45, 2.75) is 10.9 Å². The molecule has 0 heterocycles. The molecule has 0 aliphatic carbocycles. The summed E-state index contributed by atoms with van der Waals surface area (Å²) in [7, 11) is -3.89. The van der Waals surface area contributed by atoms with Gasteiger partial charge >= 0.3 is 0 Å². The van der Waals surface area contributed by atoms with Crippen molar-refractivity contribution in [1.82, 2.24) is 4.31 Å². The average molecular weight is 399 g/mol. The third-order valence-corrected chi connectivity index (χ3v) is 5.95. The highest BCUT2D eigenvalue weighted by Crippen LogP contribution is 2.33. The van der Waals surface area contributed by atoms with Gasteiger partial charge in [0.1, 0.15) is 0 Å². The molecular weight excluding hydrogens is 380 g/mol. The van der Waals surface area contributed by atoms with Crippen molar-refractivity contribution in [1.29, 1.82) is 5.26 Å². The van der Waals surface area contributed by atoms with Gasteiger partial charge in [0.15, 0.2) is 0 Å². The summed E-state index contributed by atoms with van der Waals surface area (Å²) in [6.45, 7) is 7.44. The quantitative estimate of drug-likeness (QED) is 0.469. The average Bonchev–Trinajstić information content (AvgIpc) is 2.68. The molecule has 2 aromatic carbocycles. The molecule has 27 heavy (non-hydrogen) atoms. The van der Waals surface area contributed by atoms with Gasteiger partial charge in [0, 0.05) is 17.1 Å². The van der Waals surface area contributed by atoms with E-state index in [0.29, 0.717) is 10.6 Å². The van der Waals surface area contributed by atoms with Crippen LogP contribution in [0.5, 0.6) is 0 Å². The van der Waals surface area contributed by atoms with Crippen molar-refractivity contribution in [2.24, 2.45) is 0 Å². The van der Waals surface area contributed by atoms with Crippen LogP contribution in [0.2, 0.25) is 5.02 Å². The Labute approximate surface area is 165 Å². The van der Waals surface area contributed by atoms with E-state index in [9.17, 15) is 13.7 Å². The predicted molar refractivity (Wildman–Crippen MR) is 109 cm³/mol. The van der Waals surface area contributed by atoms with E-state index in [4.69, 9.17) is 11.6 Å². The lowest BCUT2D eigenvalue weighted by Gasteiger charge is -2.30. The number of nitrogens with zero attached hydrogens (tertiary/aromatic N) is 2. The van der Waals surface area contributed by atoms with E-state index in [1.807, 2.05) is 6.07 Å². The SMILES string of the molecule is C=C/C=C/CN(C(C(=C)C#N)c1ccc(Cl)cc1)S(=O)(=O)c1ccccc1. The van der Waals surface area contributed by atoms with Gasteiger partial charge in [-0.3, -0.25) is 0 Å². The molecule has 4 nitrogen and oxygen atoms in total. The molecule has 0 radical (unpaired) electrons. The summed E-state index contributed by atoms with van der Waals surface area (Å²) in [6, 6.07) is 15.9. The molecule has 2 aromatic rings. The summed E-state index contributed by atoms with van der Waals surface area (Å²) in [6.07, 6.45) is 4.88. The number of allylic oxidation sites excluding steroid dienone is 2. The summed E-state index contributed by atoms with van der Waals surface area (Å²) in [5.41, 5.74) is 0.723. The van der Waals surface area contributed by atoms with Gasteiger partial charge in [-0.2, -0.15) is 9.57 Å². The van der Waals surface area contributed by atoms with Gasteiger partial charge in [0.2, 0.25) is 10.0 Å². The fourth-order valence-electron chi connectivity index (χ4n) is 2.58. The first-order chi connectivity index (χ1) is 12.9. The van der Waals surface area contributed by atoms with Crippen LogP contribution in [0.3, 0.4) is 0 Å². The van der Waals surface area contributed by atoms with Crippen LogP contribution in [-0.2, 0) is 10.0 Å². The Balaban J connectivity index is 2.62. The first kappa shape index (κ1) is 20.7. The van der Waals surface area contributed by atoms with E-state index < -0.39 is 16.1 Å². The van der Waals surface area contributed by atoms with Gasteiger partial charge < -0.3 is 0 Å². The molecule has 0 aromatic heterocycles. The van der Waals surface area contributed by atoms with Crippen LogP contribution < -0.4 is 0 Å². The maximum absolute atomic E-state index is 13.3. The number of halogens is 1. The Bertz CT molecular complexity index is 975. The lowest BCUT2D eigenvalue weighted by atomic mass is 10.0. The number of hydrogen-bond donors (Lipinski definition) is 0. The van der Waals surface area contributed by atoms with Crippen LogP contribution in [0.15, 0.2) is 96.5 Å². The predicted octanol–water partition coefficient (Wildman–Crippen LogP) is 4.89. The molecule has 138 valence electrons. The molecule has 0 fully saturated rings. The number of hydrogen-bond acceptors (Lipinski definition) is 3. The van der Waals surface area contributed by atoms with Gasteiger partial charge in [-0.25, -0.2) is 8.42 Å². The maximum atomic E-state index is 13.3. The minimum Gasteiger partial charge on any atom is -0.207 e. The van der Waals surface area contributed by atoms with Crippen LogP contribution in [0.25, 0.3) is 0 Å². The molecule has 2 rings (SSSR count). The standard InChI is InChI=1S/C21H19ClN2O2S/c1-3-4-8-15-24(27(25,26)20-9-6-5-7-10-20)21(17(2)16-23)18-11-13-19(22)14-12-18/h3-14,21H,1-2,15H2/b8-4+. The van der Waals surface area contributed by atoms with E-state index in [1.165, 1.54) is 16.4 Å². The third-order valence-electron chi connectivity index (χ3n) is 3.85. The second-order valence-electron chi connectivity index (χ2n) is 5.64. The third kappa shape index (κ3) is 4.95. The second-order valence-corrected chi connectivity index (χ2v) is 7.97. The molecule has 0 aliphatic rings. The molecule has 1 unspecified atom stereocenters. The van der Waals surface area contributed by atoms with Crippen LogP contribution in [0.4, 0.5) is 0 Å². The van der Waals surface area contributed by atoms with Gasteiger partial charge in [0.05, 0.1) is 17.0 Å². The molecule has 6 heteroatoms. The Hall–Kier alpha value is -2.65. The number of sulfonamides is 1. The zero-order valence-corrected chi connectivity index (χ0v) is 16.2. The molecule has 0 spiro atoms. The second kappa shape index (κ2) is 9.33. The highest BCUT2D eigenvalue weighted by Gasteiger charge is 2.33. The van der Waals surface area contributed by atoms with Crippen LogP contribution in [0.1, 0.15) is 11.6 Å². The fourth-order valence-corrected chi connectivity index (χ4v) is 4.29. The molecule has 0 saturated carbocycles. The topological polar surface area (TPSA) is 61.2 Å². The Kier molecular flexibility index (Phi) is 7.14. The van der Waals surface area contributed by atoms with Crippen LogP contribution in [0, 0.1) is 11.3 Å². The normalized spacial score (nSPS) is 12.6. The van der Waals surface area contributed by atoms with Gasteiger partial charge in [0.25, 0.3) is 0 Å². The van der Waals surface area contributed by atoms with E-state index in [-0.39, 0.29) is 17.0 Å². The molecule has 0 saturated heterocycles. The molecule has 0 bridgehead atoms. The molecular formula is C21H19ClN2O2S. The number of rotatable bonds is 8. The van der Waals surface area contributed by atoms with Crippen molar-refractivity contribution < 1.29 is 8.42 Å². The van der Waals surface area contributed by atoms with Crippen LogP contribution >= 0.6 is 11.6 Å². The van der Waals surface area contributed by atoms with Crippen molar-refractivity contribution >= 4 is 21.6 Å². The lowest BCUT2D eigenvalue weighted by molar-refractivity contribution is 0.390. The molecule has 0 amide bonds.